The largest absolute Gasteiger partial charge is 0.291 e. The van der Waals surface area contributed by atoms with E-state index in [1.54, 1.807) is 0 Å². The van der Waals surface area contributed by atoms with Gasteiger partial charge in [0.05, 0.1) is 11.5 Å². The maximum atomic E-state index is 11.3. The molecule has 12 heavy (non-hydrogen) atoms. The molecule has 2 rings (SSSR count). The van der Waals surface area contributed by atoms with Crippen LogP contribution >= 0.6 is 0 Å². The van der Waals surface area contributed by atoms with Gasteiger partial charge in [-0.25, -0.2) is 5.43 Å². The van der Waals surface area contributed by atoms with Crippen molar-refractivity contribution in [2.45, 2.75) is 39.2 Å². The third-order valence-electron chi connectivity index (χ3n) is 3.89. The van der Waals surface area contributed by atoms with Crippen molar-refractivity contribution >= 4 is 5.91 Å². The first-order valence-electron chi connectivity index (χ1n) is 4.57. The van der Waals surface area contributed by atoms with E-state index in [0.717, 1.165) is 6.42 Å². The summed E-state index contributed by atoms with van der Waals surface area (Å²) in [5.74, 6) is 0.254. The highest BCUT2D eigenvalue weighted by Gasteiger charge is 2.60. The molecule has 2 aliphatic rings. The van der Waals surface area contributed by atoms with Gasteiger partial charge in [0.15, 0.2) is 0 Å². The van der Waals surface area contributed by atoms with Gasteiger partial charge in [-0.05, 0) is 18.3 Å². The van der Waals surface area contributed by atoms with Crippen molar-refractivity contribution in [2.75, 3.05) is 0 Å². The number of hydrogen-bond donors (Lipinski definition) is 2. The van der Waals surface area contributed by atoms with Gasteiger partial charge in [-0.1, -0.05) is 20.8 Å². The minimum Gasteiger partial charge on any atom is -0.291 e. The fraction of sp³-hybridized carbons (Fsp3) is 0.889. The first-order valence-corrected chi connectivity index (χ1v) is 4.57. The molecule has 1 saturated carbocycles. The summed E-state index contributed by atoms with van der Waals surface area (Å²) in [7, 11) is 0. The van der Waals surface area contributed by atoms with Crippen LogP contribution in [0.3, 0.4) is 0 Å². The molecule has 1 spiro atoms. The molecule has 1 aliphatic carbocycles. The molecule has 1 amide bonds. The summed E-state index contributed by atoms with van der Waals surface area (Å²) in [4.78, 5) is 11.3. The van der Waals surface area contributed by atoms with Crippen LogP contribution in [0.2, 0.25) is 0 Å². The van der Waals surface area contributed by atoms with Crippen LogP contribution in [0.15, 0.2) is 0 Å². The van der Waals surface area contributed by atoms with Gasteiger partial charge >= 0.3 is 0 Å². The van der Waals surface area contributed by atoms with Crippen LogP contribution in [-0.4, -0.2) is 11.4 Å². The number of hydrogen-bond acceptors (Lipinski definition) is 2. The minimum absolute atomic E-state index is 0.0318. The first kappa shape index (κ1) is 8.05. The summed E-state index contributed by atoms with van der Waals surface area (Å²) in [6.45, 7) is 6.46. The van der Waals surface area contributed by atoms with E-state index in [2.05, 4.69) is 24.7 Å². The highest BCUT2D eigenvalue weighted by Crippen LogP contribution is 2.54. The number of nitrogens with one attached hydrogen (secondary N) is 2. The average Bonchev–Trinajstić information content (AvgIpc) is 2.30. The molecule has 0 bridgehead atoms. The molecule has 1 aliphatic heterocycles. The predicted octanol–water partition coefficient (Wildman–Crippen LogP) is 0.816. The van der Waals surface area contributed by atoms with Crippen molar-refractivity contribution in [3.05, 3.63) is 0 Å². The zero-order chi connectivity index (χ0) is 8.98. The van der Waals surface area contributed by atoms with Crippen LogP contribution in [0.4, 0.5) is 0 Å². The van der Waals surface area contributed by atoms with Gasteiger partial charge in [0.25, 0.3) is 0 Å². The normalized spacial score (nSPS) is 44.2. The SMILES string of the molecule is CC1C(=O)NNC12CCC2(C)C. The molecule has 0 radical (unpaired) electrons. The van der Waals surface area contributed by atoms with Crippen LogP contribution in [0.5, 0.6) is 0 Å². The Morgan fingerprint density at radius 1 is 1.42 bits per heavy atom. The van der Waals surface area contributed by atoms with Crippen LogP contribution in [0.25, 0.3) is 0 Å². The van der Waals surface area contributed by atoms with Crippen molar-refractivity contribution in [1.29, 1.82) is 0 Å². The summed E-state index contributed by atoms with van der Waals surface area (Å²) in [5, 5.41) is 0. The summed E-state index contributed by atoms with van der Waals surface area (Å²) in [6.07, 6.45) is 2.32. The maximum Gasteiger partial charge on any atom is 0.238 e. The lowest BCUT2D eigenvalue weighted by Gasteiger charge is -2.55. The second-order valence-electron chi connectivity index (χ2n) is 4.69. The van der Waals surface area contributed by atoms with Gasteiger partial charge in [-0.3, -0.25) is 10.2 Å². The summed E-state index contributed by atoms with van der Waals surface area (Å²) < 4.78 is 0. The van der Waals surface area contributed by atoms with E-state index < -0.39 is 0 Å². The molecular formula is C9H16N2O. The summed E-state index contributed by atoms with van der Waals surface area (Å²) >= 11 is 0. The molecule has 2 unspecified atom stereocenters. The number of carbonyl (C=O) groups is 1. The minimum atomic E-state index is 0.0318. The predicted molar refractivity (Wildman–Crippen MR) is 46.2 cm³/mol. The molecule has 0 aromatic rings. The molecule has 3 nitrogen and oxygen atoms in total. The van der Waals surface area contributed by atoms with Gasteiger partial charge in [-0.2, -0.15) is 0 Å². The zero-order valence-electron chi connectivity index (χ0n) is 7.90. The third-order valence-corrected chi connectivity index (χ3v) is 3.89. The fourth-order valence-electron chi connectivity index (χ4n) is 2.54. The highest BCUT2D eigenvalue weighted by molar-refractivity contribution is 5.82. The van der Waals surface area contributed by atoms with Gasteiger partial charge in [0.1, 0.15) is 0 Å². The molecule has 2 atom stereocenters. The van der Waals surface area contributed by atoms with Gasteiger partial charge in [-0.15, -0.1) is 0 Å². The lowest BCUT2D eigenvalue weighted by atomic mass is 9.53. The standard InChI is InChI=1S/C9H16N2O/c1-6-7(12)10-11-9(6)5-4-8(9,2)3/h6,11H,4-5H2,1-3H3,(H,10,12). The molecule has 0 aromatic heterocycles. The smallest absolute Gasteiger partial charge is 0.238 e. The van der Waals surface area contributed by atoms with E-state index in [4.69, 9.17) is 0 Å². The van der Waals surface area contributed by atoms with Crippen molar-refractivity contribution in [2.24, 2.45) is 11.3 Å². The van der Waals surface area contributed by atoms with Crippen LogP contribution < -0.4 is 10.9 Å². The lowest BCUT2D eigenvalue weighted by Crippen LogP contribution is -2.64. The van der Waals surface area contributed by atoms with Crippen LogP contribution in [0, 0.1) is 11.3 Å². The Balaban J connectivity index is 2.29. The van der Waals surface area contributed by atoms with E-state index >= 15 is 0 Å². The molecule has 2 fully saturated rings. The number of rotatable bonds is 0. The average molecular weight is 168 g/mol. The zero-order valence-corrected chi connectivity index (χ0v) is 7.90. The number of hydrazine groups is 1. The Bertz CT molecular complexity index is 237. The second kappa shape index (κ2) is 2.02. The molecular weight excluding hydrogens is 152 g/mol. The van der Waals surface area contributed by atoms with E-state index in [1.165, 1.54) is 6.42 Å². The second-order valence-corrected chi connectivity index (χ2v) is 4.69. The van der Waals surface area contributed by atoms with Crippen molar-refractivity contribution in [1.82, 2.24) is 10.9 Å². The molecule has 3 heteroatoms. The van der Waals surface area contributed by atoms with Crippen molar-refractivity contribution in [3.8, 4) is 0 Å². The maximum absolute atomic E-state index is 11.3. The van der Waals surface area contributed by atoms with Crippen LogP contribution in [0.1, 0.15) is 33.6 Å². The fourth-order valence-corrected chi connectivity index (χ4v) is 2.54. The van der Waals surface area contributed by atoms with Gasteiger partial charge < -0.3 is 0 Å². The topological polar surface area (TPSA) is 41.1 Å². The Hall–Kier alpha value is -0.570. The molecule has 1 saturated heterocycles. The summed E-state index contributed by atoms with van der Waals surface area (Å²) in [5.41, 5.74) is 6.18. The Labute approximate surface area is 72.9 Å². The summed E-state index contributed by atoms with van der Waals surface area (Å²) in [6, 6.07) is 0. The van der Waals surface area contributed by atoms with Crippen molar-refractivity contribution in [3.63, 3.8) is 0 Å². The number of carbonyl (C=O) groups excluding carboxylic acids is 1. The Kier molecular flexibility index (Phi) is 1.35. The van der Waals surface area contributed by atoms with E-state index in [1.807, 2.05) is 6.92 Å². The van der Waals surface area contributed by atoms with E-state index in [0.29, 0.717) is 0 Å². The quantitative estimate of drug-likeness (QED) is 0.562. The Morgan fingerprint density at radius 2 is 2.08 bits per heavy atom. The molecule has 2 N–H and O–H groups in total. The molecule has 68 valence electrons. The van der Waals surface area contributed by atoms with E-state index in [9.17, 15) is 4.79 Å². The molecule has 1 heterocycles. The lowest BCUT2D eigenvalue weighted by molar-refractivity contribution is -0.124. The van der Waals surface area contributed by atoms with Gasteiger partial charge in [0.2, 0.25) is 5.91 Å². The first-order chi connectivity index (χ1) is 5.50. The Morgan fingerprint density at radius 3 is 2.25 bits per heavy atom. The number of amides is 1. The van der Waals surface area contributed by atoms with Crippen LogP contribution in [-0.2, 0) is 4.79 Å². The van der Waals surface area contributed by atoms with E-state index in [-0.39, 0.29) is 22.8 Å². The van der Waals surface area contributed by atoms with Gasteiger partial charge in [0, 0.05) is 0 Å². The third kappa shape index (κ3) is 0.678. The highest BCUT2D eigenvalue weighted by atomic mass is 16.2. The monoisotopic (exact) mass is 168 g/mol. The van der Waals surface area contributed by atoms with Crippen molar-refractivity contribution < 1.29 is 4.79 Å². The molecule has 0 aromatic carbocycles.